The molecule has 0 radical (unpaired) electrons. The van der Waals surface area contributed by atoms with Crippen LogP contribution in [0.15, 0.2) is 30.3 Å². The van der Waals surface area contributed by atoms with E-state index in [0.29, 0.717) is 11.8 Å². The summed E-state index contributed by atoms with van der Waals surface area (Å²) in [6, 6.07) is 6.25. The van der Waals surface area contributed by atoms with Crippen molar-refractivity contribution in [2.75, 3.05) is 5.32 Å². The average molecular weight is 281 g/mol. The molecule has 1 aromatic carbocycles. The van der Waals surface area contributed by atoms with Crippen molar-refractivity contribution in [2.24, 2.45) is 5.73 Å². The van der Waals surface area contributed by atoms with Crippen LogP contribution in [0.4, 0.5) is 19.0 Å². The molecule has 0 aliphatic carbocycles. The summed E-state index contributed by atoms with van der Waals surface area (Å²) in [6.07, 6.45) is 0. The quantitative estimate of drug-likeness (QED) is 0.847. The monoisotopic (exact) mass is 281 g/mol. The molecule has 1 aromatic heterocycles. The molecule has 0 aliphatic heterocycles. The number of carbonyl (C=O) groups is 1. The number of nitrogens with two attached hydrogens (primary N) is 1. The van der Waals surface area contributed by atoms with Gasteiger partial charge in [-0.15, -0.1) is 0 Å². The van der Waals surface area contributed by atoms with Crippen molar-refractivity contribution in [1.29, 1.82) is 0 Å². The van der Waals surface area contributed by atoms with Gasteiger partial charge in [0.05, 0.1) is 11.3 Å². The number of nitrogens with zero attached hydrogens (tertiary/aromatic N) is 1. The summed E-state index contributed by atoms with van der Waals surface area (Å²) in [5, 5.41) is 2.29. The number of pyridine rings is 1. The Balaban J connectivity index is 2.26. The van der Waals surface area contributed by atoms with Gasteiger partial charge in [-0.25, -0.2) is 18.2 Å². The number of carbonyl (C=O) groups excluding carboxylic acids is 1. The molecule has 0 aliphatic rings. The standard InChI is InChI=1S/C13H10F3N3O/c14-9-5-4-8(11(15)12(9)16)13(20)19-10-3-1-2-7(6-17)18-10/h1-5H,6,17H2,(H,18,19,20). The molecule has 2 aromatic rings. The molecule has 0 saturated carbocycles. The van der Waals surface area contributed by atoms with Gasteiger partial charge in [0.2, 0.25) is 0 Å². The van der Waals surface area contributed by atoms with Gasteiger partial charge in [-0.3, -0.25) is 4.79 Å². The Kier molecular flexibility index (Phi) is 3.99. The number of halogens is 3. The summed E-state index contributed by atoms with van der Waals surface area (Å²) in [4.78, 5) is 15.8. The number of amides is 1. The summed E-state index contributed by atoms with van der Waals surface area (Å²) < 4.78 is 39.3. The molecule has 7 heteroatoms. The highest BCUT2D eigenvalue weighted by atomic mass is 19.2. The van der Waals surface area contributed by atoms with E-state index in [-0.39, 0.29) is 12.4 Å². The number of hydrogen-bond acceptors (Lipinski definition) is 3. The summed E-state index contributed by atoms with van der Waals surface area (Å²) in [7, 11) is 0. The van der Waals surface area contributed by atoms with Crippen molar-refractivity contribution >= 4 is 11.7 Å². The number of nitrogens with one attached hydrogen (secondary N) is 1. The SMILES string of the molecule is NCc1cccc(NC(=O)c2ccc(F)c(F)c2F)n1. The highest BCUT2D eigenvalue weighted by Gasteiger charge is 2.19. The van der Waals surface area contributed by atoms with E-state index in [1.165, 1.54) is 6.07 Å². The molecule has 4 nitrogen and oxygen atoms in total. The van der Waals surface area contributed by atoms with Gasteiger partial charge in [-0.1, -0.05) is 6.07 Å². The van der Waals surface area contributed by atoms with Gasteiger partial charge in [0.1, 0.15) is 5.82 Å². The van der Waals surface area contributed by atoms with Crippen molar-refractivity contribution in [1.82, 2.24) is 4.98 Å². The van der Waals surface area contributed by atoms with Crippen LogP contribution in [-0.2, 0) is 6.54 Å². The number of anilines is 1. The fourth-order valence-electron chi connectivity index (χ4n) is 1.55. The molecule has 104 valence electrons. The molecule has 0 bridgehead atoms. The third kappa shape index (κ3) is 2.77. The van der Waals surface area contributed by atoms with Crippen LogP contribution in [-0.4, -0.2) is 10.9 Å². The molecule has 20 heavy (non-hydrogen) atoms. The second-order valence-corrected chi connectivity index (χ2v) is 3.90. The van der Waals surface area contributed by atoms with Crippen LogP contribution in [0, 0.1) is 17.5 Å². The zero-order valence-corrected chi connectivity index (χ0v) is 10.2. The first-order valence-electron chi connectivity index (χ1n) is 5.63. The van der Waals surface area contributed by atoms with Gasteiger partial charge >= 0.3 is 0 Å². The van der Waals surface area contributed by atoms with Gasteiger partial charge in [0.25, 0.3) is 5.91 Å². The number of aromatic nitrogens is 1. The van der Waals surface area contributed by atoms with Crippen molar-refractivity contribution < 1.29 is 18.0 Å². The van der Waals surface area contributed by atoms with Gasteiger partial charge in [-0.05, 0) is 24.3 Å². The highest BCUT2D eigenvalue weighted by Crippen LogP contribution is 2.16. The molecular weight excluding hydrogens is 271 g/mol. The van der Waals surface area contributed by atoms with Crippen molar-refractivity contribution in [2.45, 2.75) is 6.54 Å². The minimum absolute atomic E-state index is 0.141. The molecular formula is C13H10F3N3O. The molecule has 0 saturated heterocycles. The maximum absolute atomic E-state index is 13.4. The van der Waals surface area contributed by atoms with Crippen LogP contribution in [0.25, 0.3) is 0 Å². The van der Waals surface area contributed by atoms with E-state index in [9.17, 15) is 18.0 Å². The minimum atomic E-state index is -1.69. The van der Waals surface area contributed by atoms with Crippen molar-refractivity contribution in [3.63, 3.8) is 0 Å². The first-order valence-corrected chi connectivity index (χ1v) is 5.63. The average Bonchev–Trinajstić information content (AvgIpc) is 2.45. The van der Waals surface area contributed by atoms with Crippen LogP contribution >= 0.6 is 0 Å². The Morgan fingerprint density at radius 1 is 1.15 bits per heavy atom. The predicted octanol–water partition coefficient (Wildman–Crippen LogP) is 2.21. The normalized spacial score (nSPS) is 10.4. The largest absolute Gasteiger partial charge is 0.325 e. The van der Waals surface area contributed by atoms with Crippen LogP contribution in [0.5, 0.6) is 0 Å². The van der Waals surface area contributed by atoms with Gasteiger partial charge in [0.15, 0.2) is 17.5 Å². The van der Waals surface area contributed by atoms with E-state index < -0.39 is 28.9 Å². The summed E-state index contributed by atoms with van der Waals surface area (Å²) >= 11 is 0. The van der Waals surface area contributed by atoms with E-state index in [4.69, 9.17) is 5.73 Å². The van der Waals surface area contributed by atoms with E-state index in [1.54, 1.807) is 12.1 Å². The number of hydrogen-bond donors (Lipinski definition) is 2. The molecule has 1 heterocycles. The summed E-state index contributed by atoms with van der Waals surface area (Å²) in [5.41, 5.74) is 5.31. The fraction of sp³-hybridized carbons (Fsp3) is 0.0769. The lowest BCUT2D eigenvalue weighted by Gasteiger charge is -2.07. The lowest BCUT2D eigenvalue weighted by atomic mass is 10.2. The Morgan fingerprint density at radius 3 is 2.60 bits per heavy atom. The van der Waals surface area contributed by atoms with Gasteiger partial charge < -0.3 is 11.1 Å². The second-order valence-electron chi connectivity index (χ2n) is 3.90. The van der Waals surface area contributed by atoms with Crippen LogP contribution in [0.3, 0.4) is 0 Å². The molecule has 0 spiro atoms. The van der Waals surface area contributed by atoms with Crippen LogP contribution in [0.1, 0.15) is 16.1 Å². The third-order valence-corrected chi connectivity index (χ3v) is 2.54. The Morgan fingerprint density at radius 2 is 1.90 bits per heavy atom. The maximum Gasteiger partial charge on any atom is 0.259 e. The zero-order valence-electron chi connectivity index (χ0n) is 10.2. The Hall–Kier alpha value is -2.41. The molecule has 0 atom stereocenters. The van der Waals surface area contributed by atoms with E-state index in [2.05, 4.69) is 10.3 Å². The fourth-order valence-corrected chi connectivity index (χ4v) is 1.55. The molecule has 0 fully saturated rings. The number of rotatable bonds is 3. The van der Waals surface area contributed by atoms with Crippen molar-refractivity contribution in [3.8, 4) is 0 Å². The topological polar surface area (TPSA) is 68.0 Å². The molecule has 0 unspecified atom stereocenters. The Bertz CT molecular complexity index is 661. The molecule has 3 N–H and O–H groups in total. The molecule has 2 rings (SSSR count). The minimum Gasteiger partial charge on any atom is -0.325 e. The first-order chi connectivity index (χ1) is 9.52. The maximum atomic E-state index is 13.4. The van der Waals surface area contributed by atoms with Gasteiger partial charge in [0, 0.05) is 6.54 Å². The third-order valence-electron chi connectivity index (χ3n) is 2.54. The zero-order chi connectivity index (χ0) is 14.7. The highest BCUT2D eigenvalue weighted by molar-refractivity contribution is 6.03. The second kappa shape index (κ2) is 5.70. The van der Waals surface area contributed by atoms with Crippen LogP contribution < -0.4 is 11.1 Å². The first kappa shape index (κ1) is 14.0. The smallest absolute Gasteiger partial charge is 0.259 e. The van der Waals surface area contributed by atoms with E-state index in [0.717, 1.165) is 6.07 Å². The van der Waals surface area contributed by atoms with Crippen molar-refractivity contribution in [3.05, 3.63) is 59.0 Å². The summed E-state index contributed by atoms with van der Waals surface area (Å²) in [5.74, 6) is -5.38. The predicted molar refractivity (Wildman–Crippen MR) is 66.4 cm³/mol. The van der Waals surface area contributed by atoms with E-state index >= 15 is 0 Å². The lowest BCUT2D eigenvalue weighted by Crippen LogP contribution is -2.16. The lowest BCUT2D eigenvalue weighted by molar-refractivity contribution is 0.102. The van der Waals surface area contributed by atoms with E-state index in [1.807, 2.05) is 0 Å². The van der Waals surface area contributed by atoms with Crippen LogP contribution in [0.2, 0.25) is 0 Å². The number of benzene rings is 1. The summed E-state index contributed by atoms with van der Waals surface area (Å²) in [6.45, 7) is 0.170. The molecule has 1 amide bonds. The van der Waals surface area contributed by atoms with Gasteiger partial charge in [-0.2, -0.15) is 0 Å². The Labute approximate surface area is 112 Å².